The van der Waals surface area contributed by atoms with E-state index in [1.807, 2.05) is 0 Å². The van der Waals surface area contributed by atoms with Gasteiger partial charge in [-0.05, 0) is 30.0 Å². The van der Waals surface area contributed by atoms with Gasteiger partial charge in [-0.25, -0.2) is 0 Å². The lowest BCUT2D eigenvalue weighted by Crippen LogP contribution is -2.50. The zero-order valence-electron chi connectivity index (χ0n) is 16.6. The minimum absolute atomic E-state index is 0.266. The number of nitrogens with one attached hydrogen (secondary N) is 1. The number of methoxy groups -OCH3 is 1. The van der Waals surface area contributed by atoms with Gasteiger partial charge in [0.2, 0.25) is 0 Å². The first-order chi connectivity index (χ1) is 14.0. The number of fused-ring (bicyclic) bond motifs is 1. The highest BCUT2D eigenvalue weighted by atomic mass is 35.5. The molecule has 0 spiro atoms. The summed E-state index contributed by atoms with van der Waals surface area (Å²) >= 11 is 6.14. The highest BCUT2D eigenvalue weighted by Gasteiger charge is 2.55. The second-order valence-electron chi connectivity index (χ2n) is 7.67. The van der Waals surface area contributed by atoms with Crippen LogP contribution >= 0.6 is 11.6 Å². The molecule has 30 heavy (non-hydrogen) atoms. The number of hydrogen-bond donors (Lipinski definition) is 2. The summed E-state index contributed by atoms with van der Waals surface area (Å²) in [6.07, 6.45) is -3.63. The molecule has 1 atom stereocenters. The summed E-state index contributed by atoms with van der Waals surface area (Å²) in [4.78, 5) is 3.97. The minimum atomic E-state index is -4.95. The summed E-state index contributed by atoms with van der Waals surface area (Å²) < 4.78 is 47.1. The summed E-state index contributed by atoms with van der Waals surface area (Å²) in [5, 5.41) is 18.1. The predicted molar refractivity (Wildman–Crippen MR) is 111 cm³/mol. The minimum Gasteiger partial charge on any atom is -0.495 e. The van der Waals surface area contributed by atoms with E-state index >= 15 is 0 Å². The van der Waals surface area contributed by atoms with E-state index in [2.05, 4.69) is 15.2 Å². The van der Waals surface area contributed by atoms with Crippen molar-refractivity contribution >= 4 is 34.4 Å². The van der Waals surface area contributed by atoms with Crippen molar-refractivity contribution in [3.05, 3.63) is 53.2 Å². The maximum absolute atomic E-state index is 14.0. The standard InChI is InChI=1S/C21H21ClF3N3O2/c1-19(2,14-6-4-7-15(22)18(14)30-3)11-20(29,21(23,24)25)12-26-16-8-5-9-17-13(16)10-27-28-17/h4-10,12,29H,11H2,1-3H3,(H,27,28). The Kier molecular flexibility index (Phi) is 5.84. The highest BCUT2D eigenvalue weighted by molar-refractivity contribution is 6.32. The summed E-state index contributed by atoms with van der Waals surface area (Å²) in [5.74, 6) is 0.272. The normalized spacial score (nSPS) is 14.9. The van der Waals surface area contributed by atoms with Crippen LogP contribution in [0.5, 0.6) is 5.75 Å². The van der Waals surface area contributed by atoms with E-state index in [1.165, 1.54) is 13.3 Å². The number of nitrogens with zero attached hydrogens (tertiary/aromatic N) is 2. The number of H-pyrrole nitrogens is 1. The Balaban J connectivity index is 2.02. The predicted octanol–water partition coefficient (Wildman–Crippen LogP) is 5.59. The molecule has 3 aromatic rings. The molecular formula is C21H21ClF3N3O2. The molecule has 2 N–H and O–H groups in total. The molecule has 0 saturated heterocycles. The number of alkyl halides is 3. The third-order valence-corrected chi connectivity index (χ3v) is 5.28. The van der Waals surface area contributed by atoms with Crippen LogP contribution in [0.2, 0.25) is 5.02 Å². The Labute approximate surface area is 176 Å². The Morgan fingerprint density at radius 2 is 1.90 bits per heavy atom. The van der Waals surface area contributed by atoms with Gasteiger partial charge in [-0.1, -0.05) is 43.6 Å². The quantitative estimate of drug-likeness (QED) is 0.492. The highest BCUT2D eigenvalue weighted by Crippen LogP contribution is 2.44. The third kappa shape index (κ3) is 4.15. The van der Waals surface area contributed by atoms with Gasteiger partial charge in [0.25, 0.3) is 0 Å². The summed E-state index contributed by atoms with van der Waals surface area (Å²) in [6, 6.07) is 9.76. The number of ether oxygens (including phenoxy) is 1. The summed E-state index contributed by atoms with van der Waals surface area (Å²) in [5.41, 5.74) is -2.99. The van der Waals surface area contributed by atoms with Crippen LogP contribution < -0.4 is 4.74 Å². The van der Waals surface area contributed by atoms with Gasteiger partial charge >= 0.3 is 6.18 Å². The van der Waals surface area contributed by atoms with Gasteiger partial charge < -0.3 is 9.84 Å². The van der Waals surface area contributed by atoms with Crippen LogP contribution in [-0.4, -0.2) is 40.4 Å². The molecule has 0 aliphatic carbocycles. The smallest absolute Gasteiger partial charge is 0.422 e. The zero-order valence-corrected chi connectivity index (χ0v) is 17.3. The first kappa shape index (κ1) is 22.1. The Morgan fingerprint density at radius 3 is 2.57 bits per heavy atom. The Hall–Kier alpha value is -2.58. The van der Waals surface area contributed by atoms with Crippen LogP contribution in [0.3, 0.4) is 0 Å². The van der Waals surface area contributed by atoms with E-state index in [0.29, 0.717) is 22.7 Å². The first-order valence-electron chi connectivity index (χ1n) is 9.08. The summed E-state index contributed by atoms with van der Waals surface area (Å²) in [7, 11) is 1.39. The van der Waals surface area contributed by atoms with Crippen molar-refractivity contribution < 1.29 is 23.0 Å². The Morgan fingerprint density at radius 1 is 1.20 bits per heavy atom. The van der Waals surface area contributed by atoms with E-state index in [0.717, 1.165) is 0 Å². The van der Waals surface area contributed by atoms with Crippen LogP contribution in [0, 0.1) is 0 Å². The molecule has 0 bridgehead atoms. The first-order valence-corrected chi connectivity index (χ1v) is 9.46. The monoisotopic (exact) mass is 439 g/mol. The van der Waals surface area contributed by atoms with Crippen LogP contribution in [-0.2, 0) is 5.41 Å². The van der Waals surface area contributed by atoms with E-state index in [1.54, 1.807) is 50.2 Å². The lowest BCUT2D eigenvalue weighted by molar-refractivity contribution is -0.234. The molecule has 0 amide bonds. The van der Waals surface area contributed by atoms with Gasteiger partial charge in [0.15, 0.2) is 5.60 Å². The fraction of sp³-hybridized carbons (Fsp3) is 0.333. The summed E-state index contributed by atoms with van der Waals surface area (Å²) in [6.45, 7) is 3.17. The molecular weight excluding hydrogens is 419 g/mol. The SMILES string of the molecule is COc1c(Cl)cccc1C(C)(C)CC(O)(C=Nc1cccc2[nH]ncc12)C(F)(F)F. The maximum atomic E-state index is 14.0. The van der Waals surface area contributed by atoms with Gasteiger partial charge in [0.05, 0.1) is 29.5 Å². The molecule has 160 valence electrons. The van der Waals surface area contributed by atoms with Crippen molar-refractivity contribution in [2.75, 3.05) is 7.11 Å². The van der Waals surface area contributed by atoms with Crippen molar-refractivity contribution in [3.8, 4) is 5.75 Å². The lowest BCUT2D eigenvalue weighted by atomic mass is 9.75. The van der Waals surface area contributed by atoms with Crippen LogP contribution in [0.25, 0.3) is 10.9 Å². The van der Waals surface area contributed by atoms with Gasteiger partial charge in [0.1, 0.15) is 5.75 Å². The number of halogens is 4. The van der Waals surface area contributed by atoms with Crippen molar-refractivity contribution in [3.63, 3.8) is 0 Å². The van der Waals surface area contributed by atoms with E-state index in [4.69, 9.17) is 16.3 Å². The fourth-order valence-corrected chi connectivity index (χ4v) is 3.73. The van der Waals surface area contributed by atoms with Crippen LogP contribution in [0.15, 0.2) is 47.6 Å². The van der Waals surface area contributed by atoms with Crippen molar-refractivity contribution in [2.24, 2.45) is 4.99 Å². The number of aliphatic hydroxyl groups is 1. The number of aromatic nitrogens is 2. The molecule has 3 rings (SSSR count). The average Bonchev–Trinajstić information content (AvgIpc) is 3.14. The van der Waals surface area contributed by atoms with Crippen molar-refractivity contribution in [2.45, 2.75) is 37.5 Å². The largest absolute Gasteiger partial charge is 0.495 e. The van der Waals surface area contributed by atoms with Crippen LogP contribution in [0.1, 0.15) is 25.8 Å². The number of aliphatic imine (C=N–C) groups is 1. The van der Waals surface area contributed by atoms with Gasteiger partial charge in [0, 0.05) is 17.2 Å². The average molecular weight is 440 g/mol. The molecule has 1 unspecified atom stereocenters. The van der Waals surface area contributed by atoms with Gasteiger partial charge in [-0.3, -0.25) is 10.1 Å². The van der Waals surface area contributed by atoms with E-state index < -0.39 is 23.6 Å². The van der Waals surface area contributed by atoms with E-state index in [-0.39, 0.29) is 16.5 Å². The van der Waals surface area contributed by atoms with Gasteiger partial charge in [-0.15, -0.1) is 0 Å². The second kappa shape index (κ2) is 7.92. The second-order valence-corrected chi connectivity index (χ2v) is 8.08. The topological polar surface area (TPSA) is 70.5 Å². The zero-order chi connectivity index (χ0) is 22.2. The lowest BCUT2D eigenvalue weighted by Gasteiger charge is -2.36. The molecule has 0 radical (unpaired) electrons. The van der Waals surface area contributed by atoms with Gasteiger partial charge in [-0.2, -0.15) is 18.3 Å². The molecule has 9 heteroatoms. The van der Waals surface area contributed by atoms with Crippen molar-refractivity contribution in [1.82, 2.24) is 10.2 Å². The molecule has 0 aliphatic heterocycles. The molecule has 0 fully saturated rings. The molecule has 1 aromatic heterocycles. The van der Waals surface area contributed by atoms with Crippen LogP contribution in [0.4, 0.5) is 18.9 Å². The number of aromatic amines is 1. The maximum Gasteiger partial charge on any atom is 0.422 e. The number of para-hydroxylation sites is 1. The third-order valence-electron chi connectivity index (χ3n) is 4.98. The number of benzene rings is 2. The molecule has 5 nitrogen and oxygen atoms in total. The number of rotatable bonds is 6. The van der Waals surface area contributed by atoms with E-state index in [9.17, 15) is 18.3 Å². The van der Waals surface area contributed by atoms with Crippen molar-refractivity contribution in [1.29, 1.82) is 0 Å². The Bertz CT molecular complexity index is 1080. The molecule has 2 aromatic carbocycles. The molecule has 1 heterocycles. The molecule has 0 saturated carbocycles. The fourth-order valence-electron chi connectivity index (χ4n) is 3.48. The number of hydrogen-bond acceptors (Lipinski definition) is 4. The molecule has 0 aliphatic rings.